The summed E-state index contributed by atoms with van der Waals surface area (Å²) in [6.45, 7) is 1.04. The highest BCUT2D eigenvalue weighted by Crippen LogP contribution is 2.35. The third-order valence-electron chi connectivity index (χ3n) is 4.35. The number of halogens is 1. The molecule has 1 heterocycles. The van der Waals surface area contributed by atoms with Crippen LogP contribution >= 0.6 is 22.9 Å². The number of fused-ring (bicyclic) bond motifs is 1. The van der Waals surface area contributed by atoms with Gasteiger partial charge in [0.25, 0.3) is 0 Å². The van der Waals surface area contributed by atoms with Gasteiger partial charge in [-0.3, -0.25) is 5.43 Å². The van der Waals surface area contributed by atoms with E-state index >= 15 is 0 Å². The van der Waals surface area contributed by atoms with E-state index in [-0.39, 0.29) is 0 Å². The summed E-state index contributed by atoms with van der Waals surface area (Å²) >= 11 is 2.37. The molecular weight excluding hydrogens is 421 g/mol. The lowest BCUT2D eigenvalue weighted by atomic mass is 10.0. The molecule has 0 unspecified atom stereocenters. The molecule has 0 radical (unpaired) electrons. The van der Waals surface area contributed by atoms with Gasteiger partial charge in [-0.25, -0.2) is 0 Å². The molecule has 0 spiro atoms. The lowest BCUT2D eigenvalue weighted by Gasteiger charge is -2.12. The number of anilines is 2. The predicted octanol–water partition coefficient (Wildman–Crippen LogP) is 5.26. The van der Waals surface area contributed by atoms with Crippen molar-refractivity contribution >= 4 is 40.0 Å². The number of hydrogen-bond donors (Lipinski definition) is 1. The van der Waals surface area contributed by atoms with Crippen LogP contribution in [0.5, 0.6) is 0 Å². The summed E-state index contributed by atoms with van der Waals surface area (Å²) in [5.41, 5.74) is 10.2. The topological polar surface area (TPSA) is 27.6 Å². The molecule has 1 aliphatic heterocycles. The van der Waals surface area contributed by atoms with Gasteiger partial charge in [0, 0.05) is 23.2 Å². The van der Waals surface area contributed by atoms with E-state index in [1.165, 1.54) is 11.3 Å². The van der Waals surface area contributed by atoms with Crippen LogP contribution in [0.2, 0.25) is 0 Å². The molecular formula is C21H18IN3. The van der Waals surface area contributed by atoms with Crippen LogP contribution in [0.1, 0.15) is 16.7 Å². The molecule has 0 fully saturated rings. The van der Waals surface area contributed by atoms with Gasteiger partial charge >= 0.3 is 0 Å². The van der Waals surface area contributed by atoms with Gasteiger partial charge in [0.2, 0.25) is 0 Å². The number of nitrogens with zero attached hydrogens (tertiary/aromatic N) is 2. The fourth-order valence-electron chi connectivity index (χ4n) is 3.10. The van der Waals surface area contributed by atoms with Crippen molar-refractivity contribution in [1.29, 1.82) is 0 Å². The van der Waals surface area contributed by atoms with Gasteiger partial charge in [0.15, 0.2) is 0 Å². The zero-order valence-electron chi connectivity index (χ0n) is 13.7. The maximum Gasteiger partial charge on any atom is 0.0977 e. The molecule has 0 aliphatic carbocycles. The molecule has 3 aromatic carbocycles. The highest BCUT2D eigenvalue weighted by atomic mass is 127. The SMILES string of the molecule is IN1CCc2c(NN=C(c3ccccc3)c3ccccc3)cccc21. The van der Waals surface area contributed by atoms with Crippen molar-refractivity contribution in [1.82, 2.24) is 0 Å². The maximum absolute atomic E-state index is 4.78. The van der Waals surface area contributed by atoms with E-state index in [0.29, 0.717) is 0 Å². The predicted molar refractivity (Wildman–Crippen MR) is 114 cm³/mol. The largest absolute Gasteiger partial charge is 0.314 e. The number of benzene rings is 3. The Labute approximate surface area is 161 Å². The average molecular weight is 439 g/mol. The first kappa shape index (κ1) is 16.1. The Kier molecular flexibility index (Phi) is 4.70. The van der Waals surface area contributed by atoms with Crippen LogP contribution in [0.3, 0.4) is 0 Å². The van der Waals surface area contributed by atoms with Gasteiger partial charge in [-0.2, -0.15) is 5.10 Å². The van der Waals surface area contributed by atoms with Crippen LogP contribution in [-0.4, -0.2) is 12.3 Å². The van der Waals surface area contributed by atoms with Gasteiger partial charge in [0.05, 0.1) is 40.0 Å². The Morgan fingerprint density at radius 1 is 0.840 bits per heavy atom. The maximum atomic E-state index is 4.78. The molecule has 4 heteroatoms. The van der Waals surface area contributed by atoms with Crippen LogP contribution in [0.15, 0.2) is 84.0 Å². The van der Waals surface area contributed by atoms with Crippen LogP contribution in [0.25, 0.3) is 0 Å². The first-order valence-electron chi connectivity index (χ1n) is 8.33. The minimum atomic E-state index is 0.947. The van der Waals surface area contributed by atoms with E-state index in [2.05, 4.69) is 73.9 Å². The Bertz CT molecular complexity index is 850. The summed E-state index contributed by atoms with van der Waals surface area (Å²) in [5, 5.41) is 4.78. The van der Waals surface area contributed by atoms with Crippen molar-refractivity contribution in [3.05, 3.63) is 95.6 Å². The molecule has 0 amide bonds. The molecule has 0 bridgehead atoms. The highest BCUT2D eigenvalue weighted by Gasteiger charge is 2.19. The molecule has 1 N–H and O–H groups in total. The summed E-state index contributed by atoms with van der Waals surface area (Å²) in [4.78, 5) is 0. The Balaban J connectivity index is 1.72. The minimum absolute atomic E-state index is 0.947. The average Bonchev–Trinajstić information content (AvgIpc) is 3.06. The van der Waals surface area contributed by atoms with Crippen LogP contribution in [0, 0.1) is 0 Å². The molecule has 4 rings (SSSR count). The number of nitrogens with one attached hydrogen (secondary N) is 1. The van der Waals surface area contributed by atoms with Crippen molar-refractivity contribution < 1.29 is 0 Å². The van der Waals surface area contributed by atoms with Crippen molar-refractivity contribution in [2.24, 2.45) is 5.10 Å². The minimum Gasteiger partial charge on any atom is -0.314 e. The van der Waals surface area contributed by atoms with E-state index in [4.69, 9.17) is 5.10 Å². The van der Waals surface area contributed by atoms with Crippen LogP contribution in [0.4, 0.5) is 11.4 Å². The smallest absolute Gasteiger partial charge is 0.0977 e. The lowest BCUT2D eigenvalue weighted by Crippen LogP contribution is -2.07. The molecule has 0 aromatic heterocycles. The Morgan fingerprint density at radius 3 is 2.12 bits per heavy atom. The number of hydrogen-bond acceptors (Lipinski definition) is 3. The standard InChI is InChI=1S/C21H18IN3/c22-25-15-14-18-19(12-7-13-20(18)25)23-24-21(16-8-3-1-4-9-16)17-10-5-2-6-11-17/h1-13,23H,14-15H2. The van der Waals surface area contributed by atoms with Gasteiger partial charge in [-0.05, 0) is 18.6 Å². The second-order valence-electron chi connectivity index (χ2n) is 5.94. The zero-order valence-corrected chi connectivity index (χ0v) is 15.8. The molecule has 1 aliphatic rings. The van der Waals surface area contributed by atoms with E-state index in [1.807, 2.05) is 36.4 Å². The van der Waals surface area contributed by atoms with E-state index in [0.717, 1.165) is 35.5 Å². The van der Waals surface area contributed by atoms with Crippen LogP contribution < -0.4 is 8.54 Å². The summed E-state index contributed by atoms with van der Waals surface area (Å²) in [5.74, 6) is 0. The van der Waals surface area contributed by atoms with Crippen molar-refractivity contribution in [2.75, 3.05) is 15.1 Å². The Hall–Kier alpha value is -2.34. The summed E-state index contributed by atoms with van der Waals surface area (Å²) < 4.78 is 2.26. The van der Waals surface area contributed by atoms with Gasteiger partial charge in [-0.15, -0.1) is 0 Å². The third-order valence-corrected chi connectivity index (χ3v) is 5.36. The summed E-state index contributed by atoms with van der Waals surface area (Å²) in [6, 6.07) is 26.9. The first-order valence-corrected chi connectivity index (χ1v) is 9.29. The van der Waals surface area contributed by atoms with E-state index < -0.39 is 0 Å². The van der Waals surface area contributed by atoms with Crippen molar-refractivity contribution in [3.63, 3.8) is 0 Å². The Morgan fingerprint density at radius 2 is 1.48 bits per heavy atom. The fourth-order valence-corrected chi connectivity index (χ4v) is 3.80. The molecule has 0 saturated carbocycles. The molecule has 25 heavy (non-hydrogen) atoms. The quantitative estimate of drug-likeness (QED) is 0.260. The summed E-state index contributed by atoms with van der Waals surface area (Å²) in [7, 11) is 0. The van der Waals surface area contributed by atoms with Gasteiger partial charge in [0.1, 0.15) is 0 Å². The van der Waals surface area contributed by atoms with Crippen molar-refractivity contribution in [3.8, 4) is 0 Å². The van der Waals surface area contributed by atoms with Gasteiger partial charge in [-0.1, -0.05) is 66.7 Å². The van der Waals surface area contributed by atoms with E-state index in [1.54, 1.807) is 0 Å². The van der Waals surface area contributed by atoms with Crippen molar-refractivity contribution in [2.45, 2.75) is 6.42 Å². The lowest BCUT2D eigenvalue weighted by molar-refractivity contribution is 1.07. The fraction of sp³-hybridized carbons (Fsp3) is 0.0952. The van der Waals surface area contributed by atoms with E-state index in [9.17, 15) is 0 Å². The zero-order chi connectivity index (χ0) is 17.1. The normalized spacial score (nSPS) is 12.6. The number of hydrazone groups is 1. The molecule has 0 atom stereocenters. The number of rotatable bonds is 4. The van der Waals surface area contributed by atoms with Gasteiger partial charge < -0.3 is 3.11 Å². The molecule has 124 valence electrons. The third kappa shape index (κ3) is 3.39. The highest BCUT2D eigenvalue weighted by molar-refractivity contribution is 14.1. The molecule has 3 aromatic rings. The second-order valence-corrected chi connectivity index (χ2v) is 7.11. The molecule has 3 nitrogen and oxygen atoms in total. The first-order chi connectivity index (χ1) is 12.3. The summed E-state index contributed by atoms with van der Waals surface area (Å²) in [6.07, 6.45) is 1.04. The molecule has 0 saturated heterocycles. The van der Waals surface area contributed by atoms with Crippen LogP contribution in [-0.2, 0) is 6.42 Å². The monoisotopic (exact) mass is 439 g/mol. The second kappa shape index (κ2) is 7.27.